The van der Waals surface area contributed by atoms with Crippen molar-refractivity contribution < 1.29 is 9.84 Å². The van der Waals surface area contributed by atoms with Crippen LogP contribution < -0.4 is 4.74 Å². The summed E-state index contributed by atoms with van der Waals surface area (Å²) >= 11 is 0. The number of rotatable bonds is 5. The fourth-order valence-electron chi connectivity index (χ4n) is 2.29. The maximum Gasteiger partial charge on any atom is 0.120 e. The van der Waals surface area contributed by atoms with Crippen LogP contribution in [0, 0.1) is 11.8 Å². The zero-order valence-electron chi connectivity index (χ0n) is 12.7. The van der Waals surface area contributed by atoms with Crippen LogP contribution in [0.5, 0.6) is 5.75 Å². The molecule has 110 valence electrons. The highest BCUT2D eigenvalue weighted by molar-refractivity contribution is 5.85. The summed E-state index contributed by atoms with van der Waals surface area (Å²) in [7, 11) is 0. The van der Waals surface area contributed by atoms with Crippen molar-refractivity contribution in [1.82, 2.24) is 0 Å². The minimum Gasteiger partial charge on any atom is -0.491 e. The van der Waals surface area contributed by atoms with Crippen molar-refractivity contribution in [3.63, 3.8) is 0 Å². The molecule has 1 atom stereocenters. The molecule has 0 radical (unpaired) electrons. The average Bonchev–Trinajstić information content (AvgIpc) is 2.48. The smallest absolute Gasteiger partial charge is 0.120 e. The Hall–Kier alpha value is -1.98. The number of benzene rings is 2. The van der Waals surface area contributed by atoms with Crippen LogP contribution in [0.15, 0.2) is 36.4 Å². The minimum absolute atomic E-state index is 0.108. The fourth-order valence-corrected chi connectivity index (χ4v) is 2.29. The highest BCUT2D eigenvalue weighted by Crippen LogP contribution is 2.23. The van der Waals surface area contributed by atoms with E-state index < -0.39 is 0 Å². The Balaban J connectivity index is 2.18. The van der Waals surface area contributed by atoms with Gasteiger partial charge in [-0.05, 0) is 48.4 Å². The molecule has 0 aliphatic heterocycles. The first-order chi connectivity index (χ1) is 10.2. The summed E-state index contributed by atoms with van der Waals surface area (Å²) in [6, 6.07) is 12.3. The average molecular weight is 282 g/mol. The van der Waals surface area contributed by atoms with Gasteiger partial charge in [-0.1, -0.05) is 37.3 Å². The number of hydrogen-bond donors (Lipinski definition) is 1. The molecule has 2 rings (SSSR count). The topological polar surface area (TPSA) is 29.5 Å². The monoisotopic (exact) mass is 282 g/mol. The lowest BCUT2D eigenvalue weighted by Gasteiger charge is -2.14. The molecule has 0 aliphatic carbocycles. The van der Waals surface area contributed by atoms with Crippen molar-refractivity contribution in [2.45, 2.75) is 39.2 Å². The number of fused-ring (bicyclic) bond motifs is 1. The summed E-state index contributed by atoms with van der Waals surface area (Å²) in [6.45, 7) is 4.38. The van der Waals surface area contributed by atoms with Gasteiger partial charge in [-0.15, -0.1) is 0 Å². The van der Waals surface area contributed by atoms with Gasteiger partial charge >= 0.3 is 0 Å². The number of aliphatic hydroxyl groups excluding tert-OH is 1. The largest absolute Gasteiger partial charge is 0.491 e. The van der Waals surface area contributed by atoms with E-state index >= 15 is 0 Å². The summed E-state index contributed by atoms with van der Waals surface area (Å²) in [6.07, 6.45) is 2.96. The molecule has 2 aromatic rings. The van der Waals surface area contributed by atoms with Crippen molar-refractivity contribution in [2.24, 2.45) is 0 Å². The van der Waals surface area contributed by atoms with E-state index in [1.54, 1.807) is 0 Å². The molecule has 0 bridgehead atoms. The lowest BCUT2D eigenvalue weighted by molar-refractivity contribution is 0.210. The molecule has 0 saturated heterocycles. The number of hydrogen-bond acceptors (Lipinski definition) is 2. The van der Waals surface area contributed by atoms with Crippen LogP contribution in [0.4, 0.5) is 0 Å². The van der Waals surface area contributed by atoms with E-state index in [1.165, 1.54) is 0 Å². The van der Waals surface area contributed by atoms with Crippen LogP contribution in [0.1, 0.15) is 38.7 Å². The molecule has 1 N–H and O–H groups in total. The molecule has 21 heavy (non-hydrogen) atoms. The van der Waals surface area contributed by atoms with Crippen LogP contribution >= 0.6 is 0 Å². The van der Waals surface area contributed by atoms with Crippen LogP contribution in [0.3, 0.4) is 0 Å². The quantitative estimate of drug-likeness (QED) is 0.835. The lowest BCUT2D eigenvalue weighted by atomic mass is 10.1. The van der Waals surface area contributed by atoms with Crippen molar-refractivity contribution in [2.75, 3.05) is 6.61 Å². The molecule has 0 saturated carbocycles. The third-order valence-electron chi connectivity index (χ3n) is 3.31. The van der Waals surface area contributed by atoms with Crippen LogP contribution in [0.2, 0.25) is 0 Å². The first-order valence-electron chi connectivity index (χ1n) is 7.53. The van der Waals surface area contributed by atoms with Gasteiger partial charge in [0.25, 0.3) is 0 Å². The predicted molar refractivity (Wildman–Crippen MR) is 87.5 cm³/mol. The maximum absolute atomic E-state index is 8.74. The third-order valence-corrected chi connectivity index (χ3v) is 3.31. The van der Waals surface area contributed by atoms with Crippen LogP contribution in [0.25, 0.3) is 10.8 Å². The Bertz CT molecular complexity index is 649. The first kappa shape index (κ1) is 15.4. The van der Waals surface area contributed by atoms with E-state index in [4.69, 9.17) is 9.84 Å². The van der Waals surface area contributed by atoms with E-state index in [2.05, 4.69) is 50.0 Å². The molecule has 2 aromatic carbocycles. The molecular weight excluding hydrogens is 260 g/mol. The summed E-state index contributed by atoms with van der Waals surface area (Å²) in [5.41, 5.74) is 0.976. The Kier molecular flexibility index (Phi) is 5.66. The standard InChI is InChI=1S/C19H22O2/c1-3-6-15(2)21-19-11-10-17-13-16(7-4-5-12-20)8-9-18(17)14-19/h8-11,13-15,20H,3,5-6,12H2,1-2H3. The fraction of sp³-hybridized carbons (Fsp3) is 0.368. The maximum atomic E-state index is 8.74. The van der Waals surface area contributed by atoms with E-state index in [1.807, 2.05) is 12.1 Å². The lowest BCUT2D eigenvalue weighted by Crippen LogP contribution is -2.10. The van der Waals surface area contributed by atoms with Gasteiger partial charge in [-0.25, -0.2) is 0 Å². The molecular formula is C19H22O2. The van der Waals surface area contributed by atoms with Gasteiger partial charge in [0.2, 0.25) is 0 Å². The molecule has 0 spiro atoms. The van der Waals surface area contributed by atoms with Crippen molar-refractivity contribution in [3.05, 3.63) is 42.0 Å². The van der Waals surface area contributed by atoms with Gasteiger partial charge in [0.15, 0.2) is 0 Å². The van der Waals surface area contributed by atoms with E-state index in [9.17, 15) is 0 Å². The van der Waals surface area contributed by atoms with Gasteiger partial charge in [-0.3, -0.25) is 0 Å². The molecule has 0 aliphatic rings. The Morgan fingerprint density at radius 3 is 2.67 bits per heavy atom. The third kappa shape index (κ3) is 4.51. The molecule has 0 heterocycles. The van der Waals surface area contributed by atoms with Crippen LogP contribution in [-0.2, 0) is 0 Å². The molecule has 2 heteroatoms. The van der Waals surface area contributed by atoms with Gasteiger partial charge in [0.1, 0.15) is 5.75 Å². The molecule has 0 amide bonds. The van der Waals surface area contributed by atoms with Gasteiger partial charge in [-0.2, -0.15) is 0 Å². The minimum atomic E-state index is 0.108. The second-order valence-corrected chi connectivity index (χ2v) is 5.22. The molecule has 0 fully saturated rings. The Morgan fingerprint density at radius 1 is 1.14 bits per heavy atom. The number of ether oxygens (including phenoxy) is 1. The Morgan fingerprint density at radius 2 is 1.90 bits per heavy atom. The van der Waals surface area contributed by atoms with E-state index in [0.29, 0.717) is 6.42 Å². The summed E-state index contributed by atoms with van der Waals surface area (Å²) in [5, 5.41) is 11.1. The normalized spacial score (nSPS) is 11.8. The second-order valence-electron chi connectivity index (χ2n) is 5.22. The zero-order chi connectivity index (χ0) is 15.1. The molecule has 2 nitrogen and oxygen atoms in total. The molecule has 1 unspecified atom stereocenters. The highest BCUT2D eigenvalue weighted by atomic mass is 16.5. The SMILES string of the molecule is CCCC(C)Oc1ccc2cc(C#CCCO)ccc2c1. The summed E-state index contributed by atoms with van der Waals surface area (Å²) < 4.78 is 5.92. The van der Waals surface area contributed by atoms with Gasteiger partial charge in [0.05, 0.1) is 12.7 Å². The van der Waals surface area contributed by atoms with Crippen LogP contribution in [-0.4, -0.2) is 17.8 Å². The van der Waals surface area contributed by atoms with Gasteiger partial charge in [0, 0.05) is 12.0 Å². The predicted octanol–water partition coefficient (Wildman–Crippen LogP) is 4.14. The van der Waals surface area contributed by atoms with Crippen molar-refractivity contribution in [3.8, 4) is 17.6 Å². The second kappa shape index (κ2) is 7.71. The summed E-state index contributed by atoms with van der Waals surface area (Å²) in [5.74, 6) is 6.92. The zero-order valence-corrected chi connectivity index (χ0v) is 12.7. The van der Waals surface area contributed by atoms with Gasteiger partial charge < -0.3 is 9.84 Å². The van der Waals surface area contributed by atoms with Crippen molar-refractivity contribution in [1.29, 1.82) is 0 Å². The highest BCUT2D eigenvalue weighted by Gasteiger charge is 2.03. The summed E-state index contributed by atoms with van der Waals surface area (Å²) in [4.78, 5) is 0. The van der Waals surface area contributed by atoms with E-state index in [0.717, 1.165) is 34.9 Å². The Labute approximate surface area is 126 Å². The first-order valence-corrected chi connectivity index (χ1v) is 7.53. The van der Waals surface area contributed by atoms with Crippen molar-refractivity contribution >= 4 is 10.8 Å². The molecule has 0 aromatic heterocycles. The van der Waals surface area contributed by atoms with E-state index in [-0.39, 0.29) is 12.7 Å². The number of aliphatic hydroxyl groups is 1.